The maximum Gasteiger partial charge on any atom is 0.417 e. The second-order valence-corrected chi connectivity index (χ2v) is 8.86. The van der Waals surface area contributed by atoms with Gasteiger partial charge in [0.05, 0.1) is 23.3 Å². The van der Waals surface area contributed by atoms with E-state index in [-0.39, 0.29) is 18.8 Å². The summed E-state index contributed by atoms with van der Waals surface area (Å²) in [6.07, 6.45) is -4.52. The number of hydrogen-bond acceptors (Lipinski definition) is 5. The summed E-state index contributed by atoms with van der Waals surface area (Å²) in [5, 5.41) is 14.8. The normalized spacial score (nSPS) is 12.2. The van der Waals surface area contributed by atoms with Gasteiger partial charge in [-0.05, 0) is 30.0 Å². The molecule has 1 aromatic heterocycles. The molecule has 1 N–H and O–H groups in total. The fourth-order valence-electron chi connectivity index (χ4n) is 4.19. The number of halogens is 4. The molecule has 3 aromatic carbocycles. The molecule has 1 unspecified atom stereocenters. The molecule has 4 rings (SSSR count). The van der Waals surface area contributed by atoms with Gasteiger partial charge in [-0.2, -0.15) is 13.2 Å². The van der Waals surface area contributed by atoms with Crippen LogP contribution in [-0.2, 0) is 23.8 Å². The second-order valence-electron chi connectivity index (χ2n) is 8.51. The summed E-state index contributed by atoms with van der Waals surface area (Å²) in [4.78, 5) is 30.1. The third-order valence-corrected chi connectivity index (χ3v) is 6.22. The lowest BCUT2D eigenvalue weighted by atomic mass is 10.0. The Morgan fingerprint density at radius 2 is 1.53 bits per heavy atom. The van der Waals surface area contributed by atoms with Crippen molar-refractivity contribution in [1.82, 2.24) is 9.55 Å². The molecule has 6 nitrogen and oxygen atoms in total. The predicted octanol–water partition coefficient (Wildman–Crippen LogP) is 4.77. The topological polar surface area (TPSA) is 87.0 Å². The lowest BCUT2D eigenvalue weighted by Gasteiger charge is -2.27. The van der Waals surface area contributed by atoms with Gasteiger partial charge >= 0.3 is 6.18 Å². The van der Waals surface area contributed by atoms with Gasteiger partial charge in [-0.3, -0.25) is 9.36 Å². The van der Waals surface area contributed by atoms with E-state index in [0.29, 0.717) is 12.0 Å². The number of benzene rings is 3. The van der Waals surface area contributed by atoms with E-state index >= 15 is 0 Å². The van der Waals surface area contributed by atoms with E-state index in [9.17, 15) is 27.9 Å². The third-order valence-electron chi connectivity index (χ3n) is 5.96. The Morgan fingerprint density at radius 1 is 0.947 bits per heavy atom. The van der Waals surface area contributed by atoms with Crippen LogP contribution in [0.1, 0.15) is 22.7 Å². The average Bonchev–Trinajstić information content (AvgIpc) is 2.89. The summed E-state index contributed by atoms with van der Waals surface area (Å²) in [5.41, 5.74) is -1.43. The summed E-state index contributed by atoms with van der Waals surface area (Å²) in [7, 11) is 0. The number of carboxylic acid groups (broad SMARTS) is 1. The smallest absolute Gasteiger partial charge is 0.417 e. The standard InChI is InChI=1S/C28H23ClF3N3O3/c29-24-23(20-13-7-8-14-21(20)28(30,31)32)35(22(27(37)38)17-19-11-5-2-6-12-19)26(36)25(34-24)33-16-15-18-9-3-1-4-10-18/h1-14,22H,15-17H2,(H,33,34)(H,37,38)/p-1. The van der Waals surface area contributed by atoms with Crippen LogP contribution in [0.2, 0.25) is 5.15 Å². The molecule has 0 aliphatic rings. The monoisotopic (exact) mass is 540 g/mol. The SMILES string of the molecule is O=C([O-])C(Cc1ccccc1)n1c(-c2ccccc2C(F)(F)F)c(Cl)nc(NCCc2ccccc2)c1=O. The van der Waals surface area contributed by atoms with E-state index in [0.717, 1.165) is 22.3 Å². The van der Waals surface area contributed by atoms with Crippen molar-refractivity contribution in [1.29, 1.82) is 0 Å². The Kier molecular flexibility index (Phi) is 8.16. The molecule has 0 fully saturated rings. The lowest BCUT2D eigenvalue weighted by molar-refractivity contribution is -0.310. The molecule has 38 heavy (non-hydrogen) atoms. The number of alkyl halides is 3. The number of carbonyl (C=O) groups is 1. The molecule has 0 saturated heterocycles. The first-order valence-electron chi connectivity index (χ1n) is 11.7. The Labute approximate surface area is 221 Å². The minimum Gasteiger partial charge on any atom is -0.548 e. The maximum atomic E-state index is 13.9. The van der Waals surface area contributed by atoms with Gasteiger partial charge < -0.3 is 15.2 Å². The van der Waals surface area contributed by atoms with Gasteiger partial charge in [0.15, 0.2) is 11.0 Å². The van der Waals surface area contributed by atoms with Crippen LogP contribution in [-0.4, -0.2) is 22.1 Å². The van der Waals surface area contributed by atoms with Crippen molar-refractivity contribution in [2.24, 2.45) is 0 Å². The van der Waals surface area contributed by atoms with Gasteiger partial charge in [0.25, 0.3) is 5.56 Å². The molecule has 0 aliphatic carbocycles. The van der Waals surface area contributed by atoms with Gasteiger partial charge in [-0.1, -0.05) is 90.5 Å². The van der Waals surface area contributed by atoms with Crippen molar-refractivity contribution in [3.63, 3.8) is 0 Å². The van der Waals surface area contributed by atoms with Gasteiger partial charge in [-0.15, -0.1) is 0 Å². The molecular formula is C28H22ClF3N3O3-. The summed E-state index contributed by atoms with van der Waals surface area (Å²) >= 11 is 6.42. The Morgan fingerprint density at radius 3 is 2.13 bits per heavy atom. The molecule has 0 amide bonds. The van der Waals surface area contributed by atoms with Gasteiger partial charge in [0.2, 0.25) is 0 Å². The van der Waals surface area contributed by atoms with Crippen molar-refractivity contribution in [3.8, 4) is 11.3 Å². The molecule has 10 heteroatoms. The molecule has 1 heterocycles. The maximum absolute atomic E-state index is 13.9. The van der Waals surface area contributed by atoms with E-state index < -0.39 is 45.7 Å². The number of hydrogen-bond donors (Lipinski definition) is 1. The first kappa shape index (κ1) is 26.9. The number of anilines is 1. The number of aromatic nitrogens is 2. The number of rotatable bonds is 9. The first-order valence-corrected chi connectivity index (χ1v) is 12.1. The Balaban J connectivity index is 1.87. The highest BCUT2D eigenvalue weighted by atomic mass is 35.5. The molecule has 4 aromatic rings. The van der Waals surface area contributed by atoms with Crippen LogP contribution in [0.25, 0.3) is 11.3 Å². The van der Waals surface area contributed by atoms with E-state index in [4.69, 9.17) is 11.6 Å². The molecule has 196 valence electrons. The van der Waals surface area contributed by atoms with Gasteiger partial charge in [0, 0.05) is 12.1 Å². The van der Waals surface area contributed by atoms with Crippen LogP contribution < -0.4 is 16.0 Å². The molecular weight excluding hydrogens is 519 g/mol. The van der Waals surface area contributed by atoms with Crippen LogP contribution in [0.5, 0.6) is 0 Å². The minimum atomic E-state index is -4.80. The van der Waals surface area contributed by atoms with Crippen LogP contribution >= 0.6 is 11.6 Å². The molecule has 0 spiro atoms. The highest BCUT2D eigenvalue weighted by Crippen LogP contribution is 2.39. The van der Waals surface area contributed by atoms with E-state index in [1.165, 1.54) is 12.1 Å². The third kappa shape index (κ3) is 6.06. The fourth-order valence-corrected chi connectivity index (χ4v) is 4.47. The Hall–Kier alpha value is -4.11. The second kappa shape index (κ2) is 11.5. The molecule has 1 atom stereocenters. The van der Waals surface area contributed by atoms with E-state index in [1.807, 2.05) is 30.3 Å². The number of carbonyl (C=O) groups excluding carboxylic acids is 1. The largest absolute Gasteiger partial charge is 0.548 e. The van der Waals surface area contributed by atoms with Crippen LogP contribution in [0.4, 0.5) is 19.0 Å². The van der Waals surface area contributed by atoms with Crippen molar-refractivity contribution in [3.05, 3.63) is 117 Å². The predicted molar refractivity (Wildman–Crippen MR) is 137 cm³/mol. The number of nitrogens with zero attached hydrogens (tertiary/aromatic N) is 2. The van der Waals surface area contributed by atoms with Crippen molar-refractivity contribution < 1.29 is 23.1 Å². The summed E-state index contributed by atoms with van der Waals surface area (Å²) in [6, 6.07) is 20.6. The quantitative estimate of drug-likeness (QED) is 0.330. The fraction of sp³-hybridized carbons (Fsp3) is 0.179. The highest BCUT2D eigenvalue weighted by Gasteiger charge is 2.36. The summed E-state index contributed by atoms with van der Waals surface area (Å²) < 4.78 is 42.5. The number of carboxylic acids is 1. The zero-order valence-corrected chi connectivity index (χ0v) is 20.7. The number of aliphatic carboxylic acids is 1. The van der Waals surface area contributed by atoms with Crippen LogP contribution in [0.15, 0.2) is 89.7 Å². The van der Waals surface area contributed by atoms with Crippen LogP contribution in [0.3, 0.4) is 0 Å². The minimum absolute atomic E-state index is 0.228. The van der Waals surface area contributed by atoms with Gasteiger partial charge in [0.1, 0.15) is 0 Å². The first-order chi connectivity index (χ1) is 18.2. The van der Waals surface area contributed by atoms with E-state index in [1.54, 1.807) is 30.3 Å². The van der Waals surface area contributed by atoms with Crippen molar-refractivity contribution in [2.45, 2.75) is 25.1 Å². The zero-order valence-electron chi connectivity index (χ0n) is 19.9. The molecule has 0 bridgehead atoms. The Bertz CT molecular complexity index is 1480. The zero-order chi connectivity index (χ0) is 27.3. The molecule has 0 saturated carbocycles. The average molecular weight is 541 g/mol. The number of nitrogens with one attached hydrogen (secondary N) is 1. The summed E-state index contributed by atoms with van der Waals surface area (Å²) in [6.45, 7) is 0.246. The van der Waals surface area contributed by atoms with Crippen LogP contribution in [0, 0.1) is 0 Å². The van der Waals surface area contributed by atoms with Crippen molar-refractivity contribution >= 4 is 23.4 Å². The molecule has 0 aliphatic heterocycles. The lowest BCUT2D eigenvalue weighted by Crippen LogP contribution is -2.41. The van der Waals surface area contributed by atoms with Gasteiger partial charge in [-0.25, -0.2) is 4.98 Å². The van der Waals surface area contributed by atoms with E-state index in [2.05, 4.69) is 10.3 Å². The van der Waals surface area contributed by atoms with Crippen molar-refractivity contribution in [2.75, 3.05) is 11.9 Å². The molecule has 0 radical (unpaired) electrons. The highest BCUT2D eigenvalue weighted by molar-refractivity contribution is 6.32. The summed E-state index contributed by atoms with van der Waals surface area (Å²) in [5.74, 6) is -1.93.